The first-order valence-electron chi connectivity index (χ1n) is 9.61. The molecule has 7 nitrogen and oxygen atoms in total. The average molecular weight is 417 g/mol. The largest absolute Gasteiger partial charge is 0.439 e. The predicted octanol–water partition coefficient (Wildman–Crippen LogP) is 4.77. The zero-order valence-electron chi connectivity index (χ0n) is 17.3. The molecule has 31 heavy (non-hydrogen) atoms. The fourth-order valence-corrected chi connectivity index (χ4v) is 3.08. The van der Waals surface area contributed by atoms with E-state index in [1.165, 1.54) is 24.3 Å². The van der Waals surface area contributed by atoms with E-state index in [1.54, 1.807) is 41.9 Å². The van der Waals surface area contributed by atoms with E-state index in [0.717, 1.165) is 11.4 Å². The molecule has 0 saturated heterocycles. The van der Waals surface area contributed by atoms with Gasteiger partial charge in [-0.3, -0.25) is 4.79 Å². The lowest BCUT2D eigenvalue weighted by Gasteiger charge is -2.10. The quantitative estimate of drug-likeness (QED) is 0.506. The van der Waals surface area contributed by atoms with Crippen molar-refractivity contribution in [1.29, 1.82) is 0 Å². The van der Waals surface area contributed by atoms with Crippen molar-refractivity contribution in [3.8, 4) is 17.4 Å². The van der Waals surface area contributed by atoms with E-state index in [4.69, 9.17) is 4.74 Å². The number of aryl methyl sites for hydroxylation is 3. The molecule has 8 heteroatoms. The topological polar surface area (TPSA) is 81.9 Å². The maximum absolute atomic E-state index is 13.0. The number of rotatable bonds is 5. The van der Waals surface area contributed by atoms with Gasteiger partial charge in [0, 0.05) is 23.0 Å². The average Bonchev–Trinajstić information content (AvgIpc) is 3.07. The molecule has 2 heterocycles. The van der Waals surface area contributed by atoms with Crippen LogP contribution < -0.4 is 10.1 Å². The number of hydrogen-bond acceptors (Lipinski definition) is 5. The van der Waals surface area contributed by atoms with Crippen LogP contribution >= 0.6 is 0 Å². The van der Waals surface area contributed by atoms with Crippen molar-refractivity contribution in [2.24, 2.45) is 0 Å². The minimum absolute atomic E-state index is 0.324. The number of carbonyl (C=O) groups excluding carboxylic acids is 1. The summed E-state index contributed by atoms with van der Waals surface area (Å²) in [5.74, 6) is 1.41. The second kappa shape index (κ2) is 8.35. The van der Waals surface area contributed by atoms with Gasteiger partial charge in [0.05, 0.1) is 5.69 Å². The molecule has 4 rings (SSSR count). The number of amides is 1. The molecule has 2 aromatic heterocycles. The molecule has 156 valence electrons. The van der Waals surface area contributed by atoms with E-state index >= 15 is 0 Å². The van der Waals surface area contributed by atoms with Gasteiger partial charge >= 0.3 is 0 Å². The maximum atomic E-state index is 13.0. The van der Waals surface area contributed by atoms with Gasteiger partial charge in [-0.2, -0.15) is 10.1 Å². The number of benzene rings is 2. The summed E-state index contributed by atoms with van der Waals surface area (Å²) in [5.41, 5.74) is 2.82. The number of carbonyl (C=O) groups is 1. The minimum Gasteiger partial charge on any atom is -0.439 e. The van der Waals surface area contributed by atoms with E-state index in [2.05, 4.69) is 20.4 Å². The molecule has 0 bridgehead atoms. The summed E-state index contributed by atoms with van der Waals surface area (Å²) in [6, 6.07) is 15.9. The standard InChI is InChI=1S/C23H20FN5O2/c1-14-12-15(2)29(28-14)21-13-22(26-16(3)25-21)31-20-10-8-19(9-11-20)27-23(30)17-4-6-18(24)7-5-17/h4-13H,1-3H3,(H,27,30). The van der Waals surface area contributed by atoms with Gasteiger partial charge < -0.3 is 10.1 Å². The van der Waals surface area contributed by atoms with Gasteiger partial charge in [-0.25, -0.2) is 14.1 Å². The molecule has 0 spiro atoms. The number of hydrogen-bond donors (Lipinski definition) is 1. The number of ether oxygens (including phenoxy) is 1. The van der Waals surface area contributed by atoms with Gasteiger partial charge in [-0.15, -0.1) is 0 Å². The Labute approximate surface area is 178 Å². The molecule has 0 saturated carbocycles. The third-order valence-corrected chi connectivity index (χ3v) is 4.47. The number of nitrogens with one attached hydrogen (secondary N) is 1. The summed E-state index contributed by atoms with van der Waals surface area (Å²) in [4.78, 5) is 21.0. The summed E-state index contributed by atoms with van der Waals surface area (Å²) in [6.07, 6.45) is 0. The first-order chi connectivity index (χ1) is 14.9. The van der Waals surface area contributed by atoms with Crippen molar-refractivity contribution in [2.45, 2.75) is 20.8 Å². The highest BCUT2D eigenvalue weighted by Gasteiger charge is 2.10. The Kier molecular flexibility index (Phi) is 5.44. The van der Waals surface area contributed by atoms with Gasteiger partial charge in [-0.05, 0) is 75.4 Å². The van der Waals surface area contributed by atoms with Crippen LogP contribution in [0.4, 0.5) is 10.1 Å². The van der Waals surface area contributed by atoms with Crippen LogP contribution in [0.2, 0.25) is 0 Å². The van der Waals surface area contributed by atoms with E-state index < -0.39 is 0 Å². The monoisotopic (exact) mass is 417 g/mol. The Balaban J connectivity index is 1.48. The molecule has 0 aliphatic heterocycles. The summed E-state index contributed by atoms with van der Waals surface area (Å²) >= 11 is 0. The second-order valence-electron chi connectivity index (χ2n) is 7.04. The highest BCUT2D eigenvalue weighted by Crippen LogP contribution is 2.24. The van der Waals surface area contributed by atoms with Crippen molar-refractivity contribution in [2.75, 3.05) is 5.32 Å². The van der Waals surface area contributed by atoms with E-state index in [-0.39, 0.29) is 11.7 Å². The maximum Gasteiger partial charge on any atom is 0.255 e. The fourth-order valence-electron chi connectivity index (χ4n) is 3.08. The van der Waals surface area contributed by atoms with Crippen molar-refractivity contribution >= 4 is 11.6 Å². The third-order valence-electron chi connectivity index (χ3n) is 4.47. The van der Waals surface area contributed by atoms with Crippen LogP contribution in [0, 0.1) is 26.6 Å². The fraction of sp³-hybridized carbons (Fsp3) is 0.130. The molecule has 0 fully saturated rings. The summed E-state index contributed by atoms with van der Waals surface area (Å²) in [7, 11) is 0. The number of aromatic nitrogens is 4. The molecular weight excluding hydrogens is 397 g/mol. The van der Waals surface area contributed by atoms with Crippen molar-refractivity contribution in [3.63, 3.8) is 0 Å². The van der Waals surface area contributed by atoms with Crippen molar-refractivity contribution in [1.82, 2.24) is 19.7 Å². The lowest BCUT2D eigenvalue weighted by atomic mass is 10.2. The predicted molar refractivity (Wildman–Crippen MR) is 114 cm³/mol. The van der Waals surface area contributed by atoms with Crippen LogP contribution in [0.15, 0.2) is 60.7 Å². The van der Waals surface area contributed by atoms with Crippen LogP contribution in [0.25, 0.3) is 5.82 Å². The van der Waals surface area contributed by atoms with Crippen LogP contribution in [-0.2, 0) is 0 Å². The van der Waals surface area contributed by atoms with Gasteiger partial charge in [0.15, 0.2) is 5.82 Å². The van der Waals surface area contributed by atoms with E-state index in [0.29, 0.717) is 34.5 Å². The molecule has 4 aromatic rings. The van der Waals surface area contributed by atoms with Crippen molar-refractivity contribution in [3.05, 3.63) is 89.3 Å². The van der Waals surface area contributed by atoms with E-state index in [9.17, 15) is 9.18 Å². The summed E-state index contributed by atoms with van der Waals surface area (Å²) in [5, 5.41) is 7.21. The zero-order chi connectivity index (χ0) is 22.0. The smallest absolute Gasteiger partial charge is 0.255 e. The van der Waals surface area contributed by atoms with Crippen molar-refractivity contribution < 1.29 is 13.9 Å². The van der Waals surface area contributed by atoms with Crippen LogP contribution in [-0.4, -0.2) is 25.7 Å². The number of anilines is 1. The molecule has 1 amide bonds. The first-order valence-corrected chi connectivity index (χ1v) is 9.61. The zero-order valence-corrected chi connectivity index (χ0v) is 17.3. The molecule has 0 unspecified atom stereocenters. The molecular formula is C23H20FN5O2. The first kappa shape index (κ1) is 20.2. The summed E-state index contributed by atoms with van der Waals surface area (Å²) in [6.45, 7) is 5.67. The second-order valence-corrected chi connectivity index (χ2v) is 7.04. The van der Waals surface area contributed by atoms with Crippen LogP contribution in [0.1, 0.15) is 27.6 Å². The Morgan fingerprint density at radius 3 is 2.32 bits per heavy atom. The Morgan fingerprint density at radius 2 is 1.68 bits per heavy atom. The van der Waals surface area contributed by atoms with Gasteiger partial charge in [-0.1, -0.05) is 0 Å². The van der Waals surface area contributed by atoms with Gasteiger partial charge in [0.2, 0.25) is 5.88 Å². The molecule has 0 aliphatic rings. The lowest BCUT2D eigenvalue weighted by molar-refractivity contribution is 0.102. The molecule has 2 aromatic carbocycles. The van der Waals surface area contributed by atoms with Gasteiger partial charge in [0.25, 0.3) is 5.91 Å². The number of halogens is 1. The molecule has 0 aliphatic carbocycles. The highest BCUT2D eigenvalue weighted by molar-refractivity contribution is 6.04. The third kappa shape index (κ3) is 4.75. The highest BCUT2D eigenvalue weighted by atomic mass is 19.1. The Bertz CT molecular complexity index is 1230. The SMILES string of the molecule is Cc1cc(C)n(-c2cc(Oc3ccc(NC(=O)c4ccc(F)cc4)cc3)nc(C)n2)n1. The minimum atomic E-state index is -0.390. The lowest BCUT2D eigenvalue weighted by Crippen LogP contribution is -2.11. The Morgan fingerprint density at radius 1 is 0.968 bits per heavy atom. The molecule has 0 radical (unpaired) electrons. The molecule has 1 N–H and O–H groups in total. The van der Waals surface area contributed by atoms with Crippen LogP contribution in [0.3, 0.4) is 0 Å². The summed E-state index contributed by atoms with van der Waals surface area (Å²) < 4.78 is 20.6. The van der Waals surface area contributed by atoms with Gasteiger partial charge in [0.1, 0.15) is 17.4 Å². The normalized spacial score (nSPS) is 10.7. The molecule has 0 atom stereocenters. The number of nitrogens with zero attached hydrogens (tertiary/aromatic N) is 4. The van der Waals surface area contributed by atoms with E-state index in [1.807, 2.05) is 19.9 Å². The Hall–Kier alpha value is -4.07. The van der Waals surface area contributed by atoms with Crippen LogP contribution in [0.5, 0.6) is 11.6 Å².